The van der Waals surface area contributed by atoms with Crippen molar-refractivity contribution in [3.05, 3.63) is 27.4 Å². The second kappa shape index (κ2) is 8.71. The molecule has 30 heavy (non-hydrogen) atoms. The molecule has 1 fully saturated rings. The van der Waals surface area contributed by atoms with E-state index in [1.54, 1.807) is 0 Å². The van der Waals surface area contributed by atoms with Gasteiger partial charge < -0.3 is 38.5 Å². The third-order valence-corrected chi connectivity index (χ3v) is 7.52. The van der Waals surface area contributed by atoms with Crippen molar-refractivity contribution in [3.63, 3.8) is 0 Å². The number of hydrogen-bond donors (Lipinski definition) is 2. The van der Waals surface area contributed by atoms with Gasteiger partial charge in [-0.2, -0.15) is 0 Å². The molecule has 2 rings (SSSR count). The van der Waals surface area contributed by atoms with Crippen molar-refractivity contribution in [1.82, 2.24) is 9.55 Å². The normalized spacial score (nSPS) is 31.2. The Labute approximate surface area is 171 Å². The lowest BCUT2D eigenvalue weighted by Gasteiger charge is -2.37. The van der Waals surface area contributed by atoms with E-state index >= 15 is 0 Å². The molecule has 1 aromatic rings. The number of rotatable bonds is 8. The van der Waals surface area contributed by atoms with Crippen molar-refractivity contribution in [2.24, 2.45) is 0 Å². The first-order chi connectivity index (χ1) is 13.4. The van der Waals surface area contributed by atoms with Crippen molar-refractivity contribution in [2.45, 2.75) is 31.0 Å². The first-order valence-corrected chi connectivity index (χ1v) is 12.3. The SMILES string of the molecule is CC1(F)[C@@H](O)[C@@H](COP(=O)([O-])OP(=O)([O-])OP(=O)([O-])[O-])O[C@H]1n1ccc(=S)[nH]c1=O. The van der Waals surface area contributed by atoms with Crippen LogP contribution < -0.4 is 25.3 Å². The molecule has 0 aromatic carbocycles. The smallest absolute Gasteiger partial charge is 0.328 e. The number of aliphatic hydroxyl groups excluding tert-OH is 1. The second-order valence-electron chi connectivity index (χ2n) is 5.94. The maximum Gasteiger partial charge on any atom is 0.328 e. The van der Waals surface area contributed by atoms with Gasteiger partial charge in [-0.25, -0.2) is 13.5 Å². The Balaban J connectivity index is 2.13. The number of nitrogens with zero attached hydrogens (tertiary/aromatic N) is 1. The summed E-state index contributed by atoms with van der Waals surface area (Å²) in [5, 5.41) is 10.1. The number of alkyl halides is 1. The summed E-state index contributed by atoms with van der Waals surface area (Å²) in [7, 11) is -18.2. The van der Waals surface area contributed by atoms with Gasteiger partial charge >= 0.3 is 5.69 Å². The number of aromatic nitrogens is 2. The summed E-state index contributed by atoms with van der Waals surface area (Å²) in [4.78, 5) is 57.3. The van der Waals surface area contributed by atoms with Crippen LogP contribution in [0.1, 0.15) is 13.2 Å². The summed E-state index contributed by atoms with van der Waals surface area (Å²) in [6.07, 6.45) is -4.55. The van der Waals surface area contributed by atoms with E-state index in [2.05, 4.69) is 18.1 Å². The van der Waals surface area contributed by atoms with Gasteiger partial charge in [0, 0.05) is 6.20 Å². The molecular formula is C10H12FN2O13P3S-4. The van der Waals surface area contributed by atoms with Crippen molar-refractivity contribution in [3.8, 4) is 0 Å². The van der Waals surface area contributed by atoms with Crippen molar-refractivity contribution in [2.75, 3.05) is 6.61 Å². The fourth-order valence-corrected chi connectivity index (χ4v) is 5.42. The van der Waals surface area contributed by atoms with Crippen molar-refractivity contribution < 1.29 is 60.6 Å². The van der Waals surface area contributed by atoms with Crippen LogP contribution in [0.3, 0.4) is 0 Å². The molecule has 0 aliphatic carbocycles. The van der Waals surface area contributed by atoms with E-state index in [9.17, 15) is 47.6 Å². The lowest BCUT2D eigenvalue weighted by atomic mass is 9.98. The number of H-pyrrole nitrogens is 1. The van der Waals surface area contributed by atoms with Crippen molar-refractivity contribution >= 4 is 35.7 Å². The maximum atomic E-state index is 14.9. The molecule has 1 saturated heterocycles. The van der Waals surface area contributed by atoms with Crippen LogP contribution in [0.4, 0.5) is 4.39 Å². The lowest BCUT2D eigenvalue weighted by Crippen LogP contribution is -2.43. The van der Waals surface area contributed by atoms with Crippen LogP contribution in [0.25, 0.3) is 0 Å². The molecule has 15 nitrogen and oxygen atoms in total. The lowest BCUT2D eigenvalue weighted by molar-refractivity contribution is -0.339. The Morgan fingerprint density at radius 1 is 1.30 bits per heavy atom. The molecule has 0 saturated carbocycles. The summed E-state index contributed by atoms with van der Waals surface area (Å²) in [5.74, 6) is 0. The number of phosphoric ester groups is 1. The Bertz CT molecular complexity index is 1050. The average Bonchev–Trinajstić information content (AvgIpc) is 2.73. The molecule has 1 aliphatic rings. The average molecular weight is 512 g/mol. The van der Waals surface area contributed by atoms with E-state index in [1.165, 1.54) is 6.07 Å². The monoisotopic (exact) mass is 512 g/mol. The van der Waals surface area contributed by atoms with Gasteiger partial charge in [0.2, 0.25) is 0 Å². The van der Waals surface area contributed by atoms with Gasteiger partial charge in [0.05, 0.1) is 14.4 Å². The molecule has 1 aromatic heterocycles. The summed E-state index contributed by atoms with van der Waals surface area (Å²) < 4.78 is 64.1. The van der Waals surface area contributed by atoms with Gasteiger partial charge in [-0.05, 0) is 13.0 Å². The zero-order chi connectivity index (χ0) is 23.1. The van der Waals surface area contributed by atoms with Gasteiger partial charge in [-0.3, -0.25) is 23.0 Å². The molecule has 2 heterocycles. The molecule has 0 radical (unpaired) electrons. The molecule has 6 atom stereocenters. The van der Waals surface area contributed by atoms with Crippen LogP contribution in [0.2, 0.25) is 0 Å². The Morgan fingerprint density at radius 3 is 2.43 bits per heavy atom. The van der Waals surface area contributed by atoms with Crippen LogP contribution in [-0.4, -0.2) is 39.1 Å². The van der Waals surface area contributed by atoms with E-state index in [0.29, 0.717) is 4.57 Å². The predicted octanol–water partition coefficient (Wildman–Crippen LogP) is -2.29. The van der Waals surface area contributed by atoms with E-state index < -0.39 is 59.9 Å². The topological polar surface area (TPSA) is 238 Å². The van der Waals surface area contributed by atoms with Crippen LogP contribution in [0.15, 0.2) is 17.1 Å². The van der Waals surface area contributed by atoms with E-state index in [0.717, 1.165) is 13.1 Å². The standard InChI is InChI=1S/C10H16FN2O13P3S/c1-10(11)7(14)5(24-8(10)13-3-2-6(30)12-9(13)15)4-23-28(19,20)26-29(21,22)25-27(16,17)18/h2-3,5,7-8,14H,4H2,1H3,(H,19,20)(H,21,22)(H,12,15,30)(H2,16,17,18)/p-4/t5-,7+,8-,10?/m1/s1. The summed E-state index contributed by atoms with van der Waals surface area (Å²) in [6.45, 7) is -0.384. The molecule has 1 aliphatic heterocycles. The van der Waals surface area contributed by atoms with E-state index in [1.807, 2.05) is 0 Å². The van der Waals surface area contributed by atoms with Gasteiger partial charge in [0.25, 0.3) is 15.6 Å². The minimum Gasteiger partial charge on any atom is -0.790 e. The van der Waals surface area contributed by atoms with Crippen molar-refractivity contribution in [1.29, 1.82) is 0 Å². The van der Waals surface area contributed by atoms with Gasteiger partial charge in [-0.1, -0.05) is 12.2 Å². The minimum atomic E-state index is -6.18. The number of aliphatic hydroxyl groups is 1. The highest BCUT2D eigenvalue weighted by Gasteiger charge is 2.55. The molecule has 0 bridgehead atoms. The zero-order valence-electron chi connectivity index (χ0n) is 14.5. The quantitative estimate of drug-likeness (QED) is 0.275. The predicted molar refractivity (Wildman–Crippen MR) is 86.3 cm³/mol. The molecule has 2 N–H and O–H groups in total. The van der Waals surface area contributed by atoms with Crippen LogP contribution in [0.5, 0.6) is 0 Å². The van der Waals surface area contributed by atoms with Crippen LogP contribution in [-0.2, 0) is 31.6 Å². The number of ether oxygens (including phenoxy) is 1. The van der Waals surface area contributed by atoms with Crippen LogP contribution >= 0.6 is 35.7 Å². The molecular weight excluding hydrogens is 500 g/mol. The number of nitrogens with one attached hydrogen (secondary N) is 1. The maximum absolute atomic E-state index is 14.9. The summed E-state index contributed by atoms with van der Waals surface area (Å²) >= 11 is 4.73. The van der Waals surface area contributed by atoms with E-state index in [4.69, 9.17) is 17.0 Å². The number of hydrogen-bond acceptors (Lipinski definition) is 14. The van der Waals surface area contributed by atoms with E-state index in [-0.39, 0.29) is 4.64 Å². The second-order valence-corrected chi connectivity index (χ2v) is 10.6. The molecule has 3 unspecified atom stereocenters. The summed E-state index contributed by atoms with van der Waals surface area (Å²) in [6, 6.07) is 1.21. The Kier molecular flexibility index (Phi) is 7.44. The number of aromatic amines is 1. The number of phosphoric acid groups is 3. The van der Waals surface area contributed by atoms with Gasteiger partial charge in [0.1, 0.15) is 16.8 Å². The third kappa shape index (κ3) is 6.43. The highest BCUT2D eigenvalue weighted by Crippen LogP contribution is 2.60. The van der Waals surface area contributed by atoms with Crippen LogP contribution in [0, 0.1) is 4.64 Å². The highest BCUT2D eigenvalue weighted by atomic mass is 32.1. The Hall–Kier alpha value is -0.640. The van der Waals surface area contributed by atoms with Gasteiger partial charge in [-0.15, -0.1) is 0 Å². The minimum absolute atomic E-state index is 0.0182. The fourth-order valence-electron chi connectivity index (χ4n) is 2.41. The largest absolute Gasteiger partial charge is 0.790 e. The Morgan fingerprint density at radius 2 is 1.90 bits per heavy atom. The number of halogens is 1. The zero-order valence-corrected chi connectivity index (χ0v) is 18.0. The first-order valence-electron chi connectivity index (χ1n) is 7.49. The molecule has 0 spiro atoms. The third-order valence-electron chi connectivity index (χ3n) is 3.62. The summed E-state index contributed by atoms with van der Waals surface area (Å²) in [5.41, 5.74) is -3.57. The molecule has 0 amide bonds. The fraction of sp³-hybridized carbons (Fsp3) is 0.600. The molecule has 20 heteroatoms. The first kappa shape index (κ1) is 25.6. The highest BCUT2D eigenvalue weighted by molar-refractivity contribution is 7.71. The van der Waals surface area contributed by atoms with Gasteiger partial charge in [0.15, 0.2) is 11.9 Å². The molecule has 172 valence electrons.